The quantitative estimate of drug-likeness (QED) is 0.911. The molecular weight excluding hydrogens is 246 g/mol. The zero-order valence-corrected chi connectivity index (χ0v) is 12.9. The highest BCUT2D eigenvalue weighted by atomic mass is 15.3. The van der Waals surface area contributed by atoms with Gasteiger partial charge in [0, 0.05) is 37.9 Å². The van der Waals surface area contributed by atoms with Crippen molar-refractivity contribution in [1.29, 1.82) is 0 Å². The number of hydrogen-bond donors (Lipinski definition) is 1. The fourth-order valence-electron chi connectivity index (χ4n) is 3.62. The van der Waals surface area contributed by atoms with Gasteiger partial charge >= 0.3 is 0 Å². The third-order valence-corrected chi connectivity index (χ3v) is 4.86. The first-order chi connectivity index (χ1) is 9.79. The molecule has 2 aliphatic heterocycles. The lowest BCUT2D eigenvalue weighted by atomic mass is 9.97. The van der Waals surface area contributed by atoms with E-state index in [4.69, 9.17) is 0 Å². The fourth-order valence-corrected chi connectivity index (χ4v) is 3.62. The highest BCUT2D eigenvalue weighted by molar-refractivity contribution is 5.58. The maximum atomic E-state index is 3.48. The van der Waals surface area contributed by atoms with Gasteiger partial charge in [0.1, 0.15) is 0 Å². The van der Waals surface area contributed by atoms with Crippen molar-refractivity contribution in [3.8, 4) is 0 Å². The Morgan fingerprint density at radius 1 is 1.30 bits per heavy atom. The molecular formula is C17H27N3. The highest BCUT2D eigenvalue weighted by Gasteiger charge is 2.25. The number of benzene rings is 1. The van der Waals surface area contributed by atoms with E-state index in [1.165, 1.54) is 50.1 Å². The van der Waals surface area contributed by atoms with E-state index in [2.05, 4.69) is 47.3 Å². The van der Waals surface area contributed by atoms with E-state index in [0.717, 1.165) is 13.1 Å². The van der Waals surface area contributed by atoms with Crippen LogP contribution in [0.1, 0.15) is 30.9 Å². The van der Waals surface area contributed by atoms with Gasteiger partial charge in [-0.15, -0.1) is 0 Å². The number of rotatable bonds is 3. The lowest BCUT2D eigenvalue weighted by molar-refractivity contribution is 0.207. The molecule has 110 valence electrons. The van der Waals surface area contributed by atoms with Crippen LogP contribution in [0, 0.1) is 0 Å². The third-order valence-electron chi connectivity index (χ3n) is 4.86. The molecule has 2 aliphatic rings. The molecule has 20 heavy (non-hydrogen) atoms. The van der Waals surface area contributed by atoms with E-state index >= 15 is 0 Å². The van der Waals surface area contributed by atoms with Crippen LogP contribution in [0.2, 0.25) is 0 Å². The Bertz CT molecular complexity index is 458. The number of piperazine rings is 1. The molecule has 1 aromatic rings. The van der Waals surface area contributed by atoms with E-state index < -0.39 is 0 Å². The molecule has 1 atom stereocenters. The molecule has 1 saturated heterocycles. The van der Waals surface area contributed by atoms with E-state index in [-0.39, 0.29) is 0 Å². The van der Waals surface area contributed by atoms with Gasteiger partial charge < -0.3 is 10.2 Å². The van der Waals surface area contributed by atoms with Crippen molar-refractivity contribution >= 4 is 5.69 Å². The molecule has 0 bridgehead atoms. The SMILES string of the molecule is CCCC1CN(c2cccc3c2CCNC3)CCN1C. The predicted molar refractivity (Wildman–Crippen MR) is 85.4 cm³/mol. The maximum Gasteiger partial charge on any atom is 0.0403 e. The molecule has 3 heteroatoms. The molecule has 0 saturated carbocycles. The average Bonchev–Trinajstić information content (AvgIpc) is 2.49. The smallest absolute Gasteiger partial charge is 0.0403 e. The number of likely N-dealkylation sites (N-methyl/N-ethyl adjacent to an activating group) is 1. The fraction of sp³-hybridized carbons (Fsp3) is 0.647. The molecule has 3 nitrogen and oxygen atoms in total. The standard InChI is InChI=1S/C17H27N3/c1-3-5-15-13-20(11-10-19(15)2)17-7-4-6-14-12-18-9-8-16(14)17/h4,6-7,15,18H,3,5,8-13H2,1-2H3. The summed E-state index contributed by atoms with van der Waals surface area (Å²) in [5.41, 5.74) is 4.59. The zero-order chi connectivity index (χ0) is 13.9. The molecule has 3 rings (SSSR count). The second kappa shape index (κ2) is 6.15. The van der Waals surface area contributed by atoms with Crippen LogP contribution in [0.4, 0.5) is 5.69 Å². The summed E-state index contributed by atoms with van der Waals surface area (Å²) >= 11 is 0. The Morgan fingerprint density at radius 2 is 2.20 bits per heavy atom. The molecule has 0 aromatic heterocycles. The number of fused-ring (bicyclic) bond motifs is 1. The van der Waals surface area contributed by atoms with Crippen molar-refractivity contribution in [2.75, 3.05) is 38.1 Å². The zero-order valence-electron chi connectivity index (χ0n) is 12.9. The van der Waals surface area contributed by atoms with Gasteiger partial charge in [-0.1, -0.05) is 25.5 Å². The predicted octanol–water partition coefficient (Wildman–Crippen LogP) is 2.25. The molecule has 0 aliphatic carbocycles. The summed E-state index contributed by atoms with van der Waals surface area (Å²) in [5, 5.41) is 3.48. The van der Waals surface area contributed by atoms with Crippen LogP contribution < -0.4 is 10.2 Å². The van der Waals surface area contributed by atoms with Crippen molar-refractivity contribution in [2.24, 2.45) is 0 Å². The molecule has 1 aromatic carbocycles. The van der Waals surface area contributed by atoms with Crippen molar-refractivity contribution in [2.45, 2.75) is 38.8 Å². The summed E-state index contributed by atoms with van der Waals surface area (Å²) in [6, 6.07) is 7.56. The Balaban J connectivity index is 1.82. The summed E-state index contributed by atoms with van der Waals surface area (Å²) in [6.07, 6.45) is 3.76. The maximum absolute atomic E-state index is 3.48. The van der Waals surface area contributed by atoms with Crippen LogP contribution in [0.3, 0.4) is 0 Å². The Morgan fingerprint density at radius 3 is 3.05 bits per heavy atom. The number of nitrogens with zero attached hydrogens (tertiary/aromatic N) is 2. The van der Waals surface area contributed by atoms with Gasteiger partial charge in [0.05, 0.1) is 0 Å². The second-order valence-corrected chi connectivity index (χ2v) is 6.21. The van der Waals surface area contributed by atoms with Gasteiger partial charge in [-0.3, -0.25) is 4.90 Å². The molecule has 1 fully saturated rings. The summed E-state index contributed by atoms with van der Waals surface area (Å²) in [5.74, 6) is 0. The Kier molecular flexibility index (Phi) is 4.27. The minimum atomic E-state index is 0.714. The van der Waals surface area contributed by atoms with Crippen LogP contribution in [-0.4, -0.2) is 44.2 Å². The van der Waals surface area contributed by atoms with E-state index in [1.807, 2.05) is 0 Å². The van der Waals surface area contributed by atoms with E-state index in [1.54, 1.807) is 5.56 Å². The van der Waals surface area contributed by atoms with Crippen LogP contribution >= 0.6 is 0 Å². The summed E-state index contributed by atoms with van der Waals surface area (Å²) in [6.45, 7) is 8.00. The van der Waals surface area contributed by atoms with Crippen LogP contribution in [-0.2, 0) is 13.0 Å². The molecule has 1 N–H and O–H groups in total. The number of anilines is 1. The second-order valence-electron chi connectivity index (χ2n) is 6.21. The van der Waals surface area contributed by atoms with Gasteiger partial charge in [0.2, 0.25) is 0 Å². The first kappa shape index (κ1) is 13.9. The number of hydrogen-bond acceptors (Lipinski definition) is 3. The van der Waals surface area contributed by atoms with Crippen molar-refractivity contribution in [3.63, 3.8) is 0 Å². The van der Waals surface area contributed by atoms with Crippen LogP contribution in [0.5, 0.6) is 0 Å². The van der Waals surface area contributed by atoms with Gasteiger partial charge in [-0.05, 0) is 43.6 Å². The molecule has 0 amide bonds. The lowest BCUT2D eigenvalue weighted by Crippen LogP contribution is -2.51. The summed E-state index contributed by atoms with van der Waals surface area (Å²) < 4.78 is 0. The normalized spacial score (nSPS) is 23.7. The number of nitrogens with one attached hydrogen (secondary N) is 1. The minimum Gasteiger partial charge on any atom is -0.368 e. The van der Waals surface area contributed by atoms with E-state index in [0.29, 0.717) is 6.04 Å². The van der Waals surface area contributed by atoms with Gasteiger partial charge in [0.15, 0.2) is 0 Å². The average molecular weight is 273 g/mol. The monoisotopic (exact) mass is 273 g/mol. The van der Waals surface area contributed by atoms with Gasteiger partial charge in [-0.2, -0.15) is 0 Å². The molecule has 2 heterocycles. The van der Waals surface area contributed by atoms with Gasteiger partial charge in [-0.25, -0.2) is 0 Å². The van der Waals surface area contributed by atoms with Gasteiger partial charge in [0.25, 0.3) is 0 Å². The topological polar surface area (TPSA) is 18.5 Å². The minimum absolute atomic E-state index is 0.714. The van der Waals surface area contributed by atoms with Crippen LogP contribution in [0.15, 0.2) is 18.2 Å². The Labute approximate surface area is 123 Å². The summed E-state index contributed by atoms with van der Waals surface area (Å²) in [7, 11) is 2.28. The lowest BCUT2D eigenvalue weighted by Gasteiger charge is -2.42. The molecule has 0 spiro atoms. The van der Waals surface area contributed by atoms with Crippen molar-refractivity contribution < 1.29 is 0 Å². The first-order valence-corrected chi connectivity index (χ1v) is 8.06. The first-order valence-electron chi connectivity index (χ1n) is 8.06. The largest absolute Gasteiger partial charge is 0.368 e. The molecule has 0 radical (unpaired) electrons. The van der Waals surface area contributed by atoms with Crippen LogP contribution in [0.25, 0.3) is 0 Å². The van der Waals surface area contributed by atoms with Crippen molar-refractivity contribution in [3.05, 3.63) is 29.3 Å². The highest BCUT2D eigenvalue weighted by Crippen LogP contribution is 2.28. The van der Waals surface area contributed by atoms with E-state index in [9.17, 15) is 0 Å². The summed E-state index contributed by atoms with van der Waals surface area (Å²) in [4.78, 5) is 5.17. The Hall–Kier alpha value is -1.06. The van der Waals surface area contributed by atoms with Crippen molar-refractivity contribution in [1.82, 2.24) is 10.2 Å². The third kappa shape index (κ3) is 2.70. The molecule has 1 unspecified atom stereocenters.